The van der Waals surface area contributed by atoms with Crippen LogP contribution in [0.1, 0.15) is 45.3 Å². The normalized spacial score (nSPS) is 36.5. The van der Waals surface area contributed by atoms with Crippen LogP contribution < -0.4 is 5.32 Å². The lowest BCUT2D eigenvalue weighted by Crippen LogP contribution is -2.42. The molecule has 1 aliphatic carbocycles. The molecule has 21 heavy (non-hydrogen) atoms. The summed E-state index contributed by atoms with van der Waals surface area (Å²) in [4.78, 5) is 14.7. The summed E-state index contributed by atoms with van der Waals surface area (Å²) < 4.78 is 0. The minimum Gasteiger partial charge on any atom is -0.318 e. The van der Waals surface area contributed by atoms with Crippen molar-refractivity contribution in [2.75, 3.05) is 0 Å². The monoisotopic (exact) mass is 306 g/mol. The number of hydrogen-bond donors (Lipinski definition) is 1. The first-order chi connectivity index (χ1) is 9.99. The van der Waals surface area contributed by atoms with E-state index in [2.05, 4.69) is 24.1 Å². The number of carbonyl (C=O) groups excluding carboxylic acids is 1. The molecule has 0 radical (unpaired) electrons. The van der Waals surface area contributed by atoms with Gasteiger partial charge in [-0.3, -0.25) is 10.1 Å². The Morgan fingerprint density at radius 2 is 2.00 bits per heavy atom. The quantitative estimate of drug-likeness (QED) is 0.905. The minimum absolute atomic E-state index is 0.0519. The molecule has 1 amide bonds. The Hall–Kier alpha value is -1.06. The Balaban J connectivity index is 1.93. The summed E-state index contributed by atoms with van der Waals surface area (Å²) >= 11 is 6.12. The molecular weight excluding hydrogens is 284 g/mol. The van der Waals surface area contributed by atoms with E-state index in [1.54, 1.807) is 0 Å². The number of benzene rings is 1. The maximum absolute atomic E-state index is 12.6. The van der Waals surface area contributed by atoms with Crippen LogP contribution in [0.25, 0.3) is 0 Å². The minimum atomic E-state index is -0.128. The molecule has 3 nitrogen and oxygen atoms in total. The number of halogens is 1. The highest BCUT2D eigenvalue weighted by Gasteiger charge is 2.45. The van der Waals surface area contributed by atoms with Crippen molar-refractivity contribution in [3.8, 4) is 0 Å². The van der Waals surface area contributed by atoms with Crippen molar-refractivity contribution in [3.05, 3.63) is 34.9 Å². The lowest BCUT2D eigenvalue weighted by Gasteiger charge is -2.34. The third kappa shape index (κ3) is 2.58. The maximum Gasteiger partial charge on any atom is 0.241 e. The third-order valence-electron chi connectivity index (χ3n) is 5.25. The Morgan fingerprint density at radius 1 is 1.24 bits per heavy atom. The van der Waals surface area contributed by atoms with Gasteiger partial charge in [-0.2, -0.15) is 0 Å². The molecule has 1 N–H and O–H groups in total. The summed E-state index contributed by atoms with van der Waals surface area (Å²) in [7, 11) is 0. The first-order valence-electron chi connectivity index (χ1n) is 7.82. The number of hydrogen-bond acceptors (Lipinski definition) is 2. The highest BCUT2D eigenvalue weighted by atomic mass is 35.5. The summed E-state index contributed by atoms with van der Waals surface area (Å²) in [5.41, 5.74) is 1.08. The SMILES string of the molecule is CC1NC(c2cccc(Cl)c2)N(C2CCC(C)C2C)C1=O. The van der Waals surface area contributed by atoms with Crippen LogP contribution in [0.5, 0.6) is 0 Å². The molecule has 0 aromatic heterocycles. The van der Waals surface area contributed by atoms with Crippen LogP contribution in [-0.4, -0.2) is 22.9 Å². The van der Waals surface area contributed by atoms with E-state index in [1.807, 2.05) is 31.2 Å². The maximum atomic E-state index is 12.6. The average Bonchev–Trinajstić information content (AvgIpc) is 2.92. The fraction of sp³-hybridized carbons (Fsp3) is 0.588. The molecule has 5 atom stereocenters. The molecule has 1 aromatic rings. The van der Waals surface area contributed by atoms with Crippen molar-refractivity contribution in [1.29, 1.82) is 0 Å². The highest BCUT2D eigenvalue weighted by Crippen LogP contribution is 2.40. The van der Waals surface area contributed by atoms with Crippen LogP contribution in [0.2, 0.25) is 5.02 Å². The molecular formula is C17H23ClN2O. The highest BCUT2D eigenvalue weighted by molar-refractivity contribution is 6.30. The van der Waals surface area contributed by atoms with Crippen LogP contribution in [-0.2, 0) is 4.79 Å². The summed E-state index contributed by atoms with van der Waals surface area (Å²) in [5.74, 6) is 1.44. The lowest BCUT2D eigenvalue weighted by molar-refractivity contribution is -0.132. The molecule has 2 fully saturated rings. The van der Waals surface area contributed by atoms with Gasteiger partial charge in [-0.1, -0.05) is 37.6 Å². The summed E-state index contributed by atoms with van der Waals surface area (Å²) in [6.45, 7) is 6.51. The van der Waals surface area contributed by atoms with Crippen molar-refractivity contribution in [2.24, 2.45) is 11.8 Å². The predicted molar refractivity (Wildman–Crippen MR) is 85.0 cm³/mol. The topological polar surface area (TPSA) is 32.3 Å². The summed E-state index contributed by atoms with van der Waals surface area (Å²) in [6.07, 6.45) is 2.25. The van der Waals surface area contributed by atoms with E-state index in [9.17, 15) is 4.79 Å². The molecule has 1 saturated heterocycles. The van der Waals surface area contributed by atoms with Gasteiger partial charge in [-0.15, -0.1) is 0 Å². The van der Waals surface area contributed by atoms with E-state index in [0.29, 0.717) is 22.9 Å². The van der Waals surface area contributed by atoms with E-state index in [-0.39, 0.29) is 18.1 Å². The summed E-state index contributed by atoms with van der Waals surface area (Å²) in [5, 5.41) is 4.14. The molecule has 1 aromatic carbocycles. The Kier molecular flexibility index (Phi) is 3.98. The van der Waals surface area contributed by atoms with Gasteiger partial charge >= 0.3 is 0 Å². The van der Waals surface area contributed by atoms with Crippen LogP contribution in [0, 0.1) is 11.8 Å². The Morgan fingerprint density at radius 3 is 2.62 bits per heavy atom. The van der Waals surface area contributed by atoms with Crippen molar-refractivity contribution >= 4 is 17.5 Å². The first kappa shape index (κ1) is 14.9. The van der Waals surface area contributed by atoms with Gasteiger partial charge in [0.1, 0.15) is 6.17 Å². The van der Waals surface area contributed by atoms with Gasteiger partial charge in [0, 0.05) is 11.1 Å². The van der Waals surface area contributed by atoms with E-state index < -0.39 is 0 Å². The van der Waals surface area contributed by atoms with Gasteiger partial charge in [-0.05, 0) is 49.3 Å². The summed E-state index contributed by atoms with van der Waals surface area (Å²) in [6, 6.07) is 8.03. The molecule has 1 saturated carbocycles. The van der Waals surface area contributed by atoms with E-state index in [0.717, 1.165) is 12.0 Å². The Bertz CT molecular complexity index is 547. The average molecular weight is 307 g/mol. The molecule has 5 unspecified atom stereocenters. The number of nitrogens with zero attached hydrogens (tertiary/aromatic N) is 1. The first-order valence-corrected chi connectivity index (χ1v) is 8.20. The molecule has 0 spiro atoms. The van der Waals surface area contributed by atoms with Crippen molar-refractivity contribution in [2.45, 2.75) is 51.9 Å². The molecule has 114 valence electrons. The second-order valence-corrected chi connectivity index (χ2v) is 7.01. The van der Waals surface area contributed by atoms with Gasteiger partial charge in [0.25, 0.3) is 0 Å². The molecule has 4 heteroatoms. The van der Waals surface area contributed by atoms with Crippen LogP contribution in [0.15, 0.2) is 24.3 Å². The number of nitrogens with one attached hydrogen (secondary N) is 1. The number of amides is 1. The zero-order valence-electron chi connectivity index (χ0n) is 12.8. The third-order valence-corrected chi connectivity index (χ3v) is 5.49. The second-order valence-electron chi connectivity index (χ2n) is 6.57. The largest absolute Gasteiger partial charge is 0.318 e. The molecule has 3 rings (SSSR count). The standard InChI is InChI=1S/C17H23ClN2O/c1-10-7-8-15(11(10)2)20-16(19-12(3)17(20)21)13-5-4-6-14(18)9-13/h4-6,9-12,15-16,19H,7-8H2,1-3H3. The zero-order chi connectivity index (χ0) is 15.1. The predicted octanol–water partition coefficient (Wildman–Crippen LogP) is 3.59. The van der Waals surface area contributed by atoms with Gasteiger partial charge in [0.15, 0.2) is 0 Å². The van der Waals surface area contributed by atoms with Crippen molar-refractivity contribution in [1.82, 2.24) is 10.2 Å². The van der Waals surface area contributed by atoms with E-state index in [1.165, 1.54) is 6.42 Å². The second kappa shape index (κ2) is 5.62. The van der Waals surface area contributed by atoms with Crippen LogP contribution in [0.3, 0.4) is 0 Å². The van der Waals surface area contributed by atoms with Gasteiger partial charge < -0.3 is 4.90 Å². The van der Waals surface area contributed by atoms with Crippen LogP contribution in [0.4, 0.5) is 0 Å². The fourth-order valence-electron chi connectivity index (χ4n) is 3.76. The molecule has 1 aliphatic heterocycles. The van der Waals surface area contributed by atoms with E-state index in [4.69, 9.17) is 11.6 Å². The van der Waals surface area contributed by atoms with E-state index >= 15 is 0 Å². The number of carbonyl (C=O) groups is 1. The Labute approximate surface area is 131 Å². The lowest BCUT2D eigenvalue weighted by atomic mass is 9.96. The van der Waals surface area contributed by atoms with Gasteiger partial charge in [-0.25, -0.2) is 0 Å². The van der Waals surface area contributed by atoms with Crippen molar-refractivity contribution < 1.29 is 4.79 Å². The van der Waals surface area contributed by atoms with Gasteiger partial charge in [0.2, 0.25) is 5.91 Å². The van der Waals surface area contributed by atoms with Crippen molar-refractivity contribution in [3.63, 3.8) is 0 Å². The fourth-order valence-corrected chi connectivity index (χ4v) is 3.96. The zero-order valence-corrected chi connectivity index (χ0v) is 13.6. The number of rotatable bonds is 2. The van der Waals surface area contributed by atoms with Crippen LogP contribution >= 0.6 is 11.6 Å². The molecule has 0 bridgehead atoms. The molecule has 2 aliphatic rings. The molecule has 1 heterocycles. The smallest absolute Gasteiger partial charge is 0.241 e. The van der Waals surface area contributed by atoms with Gasteiger partial charge in [0.05, 0.1) is 6.04 Å².